The minimum absolute atomic E-state index is 0. The molecule has 1 aliphatic rings. The molecule has 3 rings (SSSR count). The average Bonchev–Trinajstić information content (AvgIpc) is 3.08. The van der Waals surface area contributed by atoms with Gasteiger partial charge in [0.15, 0.2) is 0 Å². The molecular formula is C18H22ClN3O4S. The van der Waals surface area contributed by atoms with Crippen molar-refractivity contribution in [2.24, 2.45) is 11.7 Å². The summed E-state index contributed by atoms with van der Waals surface area (Å²) < 4.78 is 27.1. The minimum atomic E-state index is -3.58. The van der Waals surface area contributed by atoms with Gasteiger partial charge in [0, 0.05) is 31.1 Å². The molecule has 0 bridgehead atoms. The molecule has 146 valence electrons. The van der Waals surface area contributed by atoms with E-state index >= 15 is 0 Å². The summed E-state index contributed by atoms with van der Waals surface area (Å²) in [4.78, 5) is 10.4. The second-order valence-electron chi connectivity index (χ2n) is 6.51. The summed E-state index contributed by atoms with van der Waals surface area (Å²) in [6.07, 6.45) is 0. The maximum absolute atomic E-state index is 12.8. The molecule has 0 radical (unpaired) electrons. The smallest absolute Gasteiger partial charge is 0.269 e. The zero-order valence-corrected chi connectivity index (χ0v) is 16.2. The molecule has 1 fully saturated rings. The molecule has 1 heterocycles. The fraction of sp³-hybridized carbons (Fsp3) is 0.333. The Kier molecular flexibility index (Phi) is 6.94. The fourth-order valence-electron chi connectivity index (χ4n) is 3.44. The largest absolute Gasteiger partial charge is 0.330 e. The van der Waals surface area contributed by atoms with Crippen LogP contribution in [0.25, 0.3) is 0 Å². The molecule has 27 heavy (non-hydrogen) atoms. The first-order chi connectivity index (χ1) is 12.4. The van der Waals surface area contributed by atoms with Gasteiger partial charge in [-0.3, -0.25) is 10.1 Å². The molecule has 0 aliphatic carbocycles. The van der Waals surface area contributed by atoms with E-state index < -0.39 is 14.9 Å². The third-order valence-electron chi connectivity index (χ3n) is 4.80. The van der Waals surface area contributed by atoms with Gasteiger partial charge in [-0.1, -0.05) is 42.5 Å². The van der Waals surface area contributed by atoms with Crippen LogP contribution in [0.3, 0.4) is 0 Å². The van der Waals surface area contributed by atoms with E-state index in [1.165, 1.54) is 22.5 Å². The normalized spacial score (nSPS) is 20.2. The number of benzene rings is 2. The number of halogens is 1. The van der Waals surface area contributed by atoms with Crippen LogP contribution in [0, 0.1) is 16.0 Å². The van der Waals surface area contributed by atoms with Crippen molar-refractivity contribution >= 4 is 28.1 Å². The van der Waals surface area contributed by atoms with Gasteiger partial charge in [0.25, 0.3) is 5.69 Å². The lowest BCUT2D eigenvalue weighted by molar-refractivity contribution is -0.384. The molecule has 0 saturated carbocycles. The monoisotopic (exact) mass is 411 g/mol. The van der Waals surface area contributed by atoms with Gasteiger partial charge in [-0.2, -0.15) is 0 Å². The molecule has 2 aromatic carbocycles. The molecule has 2 aromatic rings. The van der Waals surface area contributed by atoms with Gasteiger partial charge >= 0.3 is 0 Å². The highest BCUT2D eigenvalue weighted by atomic mass is 35.5. The summed E-state index contributed by atoms with van der Waals surface area (Å²) in [6, 6.07) is 15.5. The Morgan fingerprint density at radius 1 is 1.11 bits per heavy atom. The van der Waals surface area contributed by atoms with E-state index in [4.69, 9.17) is 5.73 Å². The van der Waals surface area contributed by atoms with Crippen molar-refractivity contribution in [2.75, 3.05) is 19.6 Å². The van der Waals surface area contributed by atoms with Crippen LogP contribution >= 0.6 is 12.4 Å². The lowest BCUT2D eigenvalue weighted by Crippen LogP contribution is -2.31. The number of rotatable bonds is 6. The van der Waals surface area contributed by atoms with Crippen LogP contribution in [-0.4, -0.2) is 37.3 Å². The van der Waals surface area contributed by atoms with Crippen LogP contribution in [0.5, 0.6) is 0 Å². The number of sulfonamides is 1. The van der Waals surface area contributed by atoms with E-state index in [9.17, 15) is 18.5 Å². The third-order valence-corrected chi connectivity index (χ3v) is 6.58. The Bertz CT molecular complexity index is 892. The number of nitro benzene ring substituents is 1. The van der Waals surface area contributed by atoms with Gasteiger partial charge in [-0.25, -0.2) is 12.7 Å². The SMILES string of the molecule is Cl.NC[C@@H]1CN(S(=O)(=O)Cc2cccc([N+](=O)[O-])c2)C[C@H]1c1ccccc1. The highest BCUT2D eigenvalue weighted by Gasteiger charge is 2.38. The summed E-state index contributed by atoms with van der Waals surface area (Å²) in [5, 5.41) is 10.9. The molecule has 0 spiro atoms. The van der Waals surface area contributed by atoms with E-state index in [0.29, 0.717) is 25.2 Å². The maximum Gasteiger partial charge on any atom is 0.269 e. The Hall–Kier alpha value is -2.00. The fourth-order valence-corrected chi connectivity index (χ4v) is 5.03. The van der Waals surface area contributed by atoms with Crippen LogP contribution in [-0.2, 0) is 15.8 Å². The molecular weight excluding hydrogens is 390 g/mol. The van der Waals surface area contributed by atoms with Crippen molar-refractivity contribution in [1.82, 2.24) is 4.31 Å². The number of nitro groups is 1. The second-order valence-corrected chi connectivity index (χ2v) is 8.48. The van der Waals surface area contributed by atoms with Crippen molar-refractivity contribution in [2.45, 2.75) is 11.7 Å². The zero-order valence-electron chi connectivity index (χ0n) is 14.6. The molecule has 2 atom stereocenters. The number of hydrogen-bond acceptors (Lipinski definition) is 5. The lowest BCUT2D eigenvalue weighted by atomic mass is 9.89. The minimum Gasteiger partial charge on any atom is -0.330 e. The number of non-ortho nitro benzene ring substituents is 1. The summed E-state index contributed by atoms with van der Waals surface area (Å²) in [7, 11) is -3.58. The van der Waals surface area contributed by atoms with Crippen molar-refractivity contribution in [3.63, 3.8) is 0 Å². The van der Waals surface area contributed by atoms with Gasteiger partial charge in [-0.15, -0.1) is 12.4 Å². The van der Waals surface area contributed by atoms with Gasteiger partial charge in [0.05, 0.1) is 10.7 Å². The lowest BCUT2D eigenvalue weighted by Gasteiger charge is -2.17. The van der Waals surface area contributed by atoms with Crippen molar-refractivity contribution < 1.29 is 13.3 Å². The first kappa shape index (κ1) is 21.3. The summed E-state index contributed by atoms with van der Waals surface area (Å²) >= 11 is 0. The first-order valence-electron chi connectivity index (χ1n) is 8.37. The van der Waals surface area contributed by atoms with Gasteiger partial charge in [0.2, 0.25) is 10.0 Å². The molecule has 7 nitrogen and oxygen atoms in total. The molecule has 9 heteroatoms. The number of hydrogen-bond donors (Lipinski definition) is 1. The summed E-state index contributed by atoms with van der Waals surface area (Å²) in [5.74, 6) is -0.147. The third kappa shape index (κ3) is 4.84. The predicted molar refractivity (Wildman–Crippen MR) is 106 cm³/mol. The standard InChI is InChI=1S/C18H21N3O4S.ClH/c19-10-16-11-20(12-18(16)15-6-2-1-3-7-15)26(24,25)13-14-5-4-8-17(9-14)21(22)23;/h1-9,16,18H,10-13,19H2;1H/t16-,18+;/m1./s1. The molecule has 2 N–H and O–H groups in total. The Labute approximate surface area is 164 Å². The van der Waals surface area contributed by atoms with Crippen molar-refractivity contribution in [3.05, 3.63) is 75.8 Å². The van der Waals surface area contributed by atoms with Gasteiger partial charge < -0.3 is 5.73 Å². The average molecular weight is 412 g/mol. The molecule has 1 saturated heterocycles. The quantitative estimate of drug-likeness (QED) is 0.580. The second kappa shape index (κ2) is 8.79. The number of nitrogens with two attached hydrogens (primary N) is 1. The van der Waals surface area contributed by atoms with E-state index in [2.05, 4.69) is 0 Å². The molecule has 0 amide bonds. The molecule has 1 aliphatic heterocycles. The first-order valence-corrected chi connectivity index (χ1v) is 9.98. The van der Waals surface area contributed by atoms with E-state index in [0.717, 1.165) is 5.56 Å². The highest BCUT2D eigenvalue weighted by molar-refractivity contribution is 7.88. The zero-order chi connectivity index (χ0) is 18.7. The van der Waals surface area contributed by atoms with Gasteiger partial charge in [-0.05, 0) is 23.6 Å². The Balaban J connectivity index is 0.00000261. The summed E-state index contributed by atoms with van der Waals surface area (Å²) in [6.45, 7) is 1.15. The van der Waals surface area contributed by atoms with Crippen LogP contribution < -0.4 is 5.73 Å². The Morgan fingerprint density at radius 3 is 2.44 bits per heavy atom. The van der Waals surface area contributed by atoms with Crippen molar-refractivity contribution in [3.8, 4) is 0 Å². The van der Waals surface area contributed by atoms with E-state index in [1.807, 2.05) is 30.3 Å². The van der Waals surface area contributed by atoms with Crippen LogP contribution in [0.15, 0.2) is 54.6 Å². The predicted octanol–water partition coefficient (Wildman–Crippen LogP) is 2.52. The molecule has 0 aromatic heterocycles. The van der Waals surface area contributed by atoms with Gasteiger partial charge in [0.1, 0.15) is 0 Å². The van der Waals surface area contributed by atoms with E-state index in [-0.39, 0.29) is 35.7 Å². The molecule has 0 unspecified atom stereocenters. The van der Waals surface area contributed by atoms with Crippen molar-refractivity contribution in [1.29, 1.82) is 0 Å². The van der Waals surface area contributed by atoms with Crippen LogP contribution in [0.2, 0.25) is 0 Å². The van der Waals surface area contributed by atoms with Crippen LogP contribution in [0.1, 0.15) is 17.0 Å². The Morgan fingerprint density at radius 2 is 1.81 bits per heavy atom. The topological polar surface area (TPSA) is 107 Å². The number of nitrogens with zero attached hydrogens (tertiary/aromatic N) is 2. The van der Waals surface area contributed by atoms with Crippen LogP contribution in [0.4, 0.5) is 5.69 Å². The highest BCUT2D eigenvalue weighted by Crippen LogP contribution is 2.34. The summed E-state index contributed by atoms with van der Waals surface area (Å²) in [5.41, 5.74) is 7.25. The maximum atomic E-state index is 12.8. The van der Waals surface area contributed by atoms with E-state index in [1.54, 1.807) is 6.07 Å².